The second kappa shape index (κ2) is 6.07. The van der Waals surface area contributed by atoms with Crippen LogP contribution in [-0.2, 0) is 6.18 Å². The SMILES string of the molecule is FC(F)(F)c1ccnc(N2CC3CCN(c4ccnc(C5CC5)n4)C3C2)c1. The normalized spacial score (nSPS) is 25.1. The number of hydrogen-bond donors (Lipinski definition) is 0. The van der Waals surface area contributed by atoms with Gasteiger partial charge in [0.15, 0.2) is 0 Å². The third kappa shape index (κ3) is 3.11. The molecular formula is C19H20F3N5. The van der Waals surface area contributed by atoms with E-state index >= 15 is 0 Å². The molecule has 2 unspecified atom stereocenters. The van der Waals surface area contributed by atoms with Crippen molar-refractivity contribution in [3.05, 3.63) is 42.0 Å². The van der Waals surface area contributed by atoms with Gasteiger partial charge in [0.2, 0.25) is 0 Å². The Bertz CT molecular complexity index is 851. The number of anilines is 2. The summed E-state index contributed by atoms with van der Waals surface area (Å²) in [6, 6.07) is 4.37. The molecule has 0 aromatic carbocycles. The largest absolute Gasteiger partial charge is 0.416 e. The average Bonchev–Trinajstić information content (AvgIpc) is 3.30. The molecule has 0 spiro atoms. The molecule has 0 amide bonds. The average molecular weight is 375 g/mol. The van der Waals surface area contributed by atoms with Gasteiger partial charge in [0.05, 0.1) is 11.6 Å². The van der Waals surface area contributed by atoms with E-state index in [0.29, 0.717) is 24.2 Å². The van der Waals surface area contributed by atoms with E-state index in [-0.39, 0.29) is 6.04 Å². The molecule has 3 aliphatic rings. The fraction of sp³-hybridized carbons (Fsp3) is 0.526. The maximum Gasteiger partial charge on any atom is 0.416 e. The van der Waals surface area contributed by atoms with Gasteiger partial charge in [-0.1, -0.05) is 0 Å². The van der Waals surface area contributed by atoms with Crippen molar-refractivity contribution in [3.63, 3.8) is 0 Å². The summed E-state index contributed by atoms with van der Waals surface area (Å²) in [6.07, 6.45) is 2.05. The van der Waals surface area contributed by atoms with E-state index in [1.54, 1.807) is 0 Å². The van der Waals surface area contributed by atoms with Crippen LogP contribution in [0.15, 0.2) is 30.6 Å². The summed E-state index contributed by atoms with van der Waals surface area (Å²) in [6.45, 7) is 2.33. The quantitative estimate of drug-likeness (QED) is 0.822. The molecule has 8 heteroatoms. The maximum atomic E-state index is 13.0. The molecule has 2 aliphatic heterocycles. The van der Waals surface area contributed by atoms with Gasteiger partial charge in [0.25, 0.3) is 0 Å². The smallest absolute Gasteiger partial charge is 0.354 e. The zero-order valence-corrected chi connectivity index (χ0v) is 14.7. The fourth-order valence-electron chi connectivity index (χ4n) is 4.26. The summed E-state index contributed by atoms with van der Waals surface area (Å²) in [4.78, 5) is 17.6. The molecule has 0 radical (unpaired) electrons. The lowest BCUT2D eigenvalue weighted by Crippen LogP contribution is -2.36. The lowest BCUT2D eigenvalue weighted by molar-refractivity contribution is -0.137. The van der Waals surface area contributed by atoms with Crippen LogP contribution in [0.1, 0.15) is 36.6 Å². The lowest BCUT2D eigenvalue weighted by Gasteiger charge is -2.26. The fourth-order valence-corrected chi connectivity index (χ4v) is 4.26. The molecule has 5 nitrogen and oxygen atoms in total. The minimum Gasteiger partial charge on any atom is -0.354 e. The van der Waals surface area contributed by atoms with Gasteiger partial charge in [-0.25, -0.2) is 15.0 Å². The second-order valence-electron chi connectivity index (χ2n) is 7.66. The first kappa shape index (κ1) is 16.8. The molecule has 2 atom stereocenters. The first-order valence-corrected chi connectivity index (χ1v) is 9.37. The van der Waals surface area contributed by atoms with Gasteiger partial charge in [0, 0.05) is 43.9 Å². The van der Waals surface area contributed by atoms with Gasteiger partial charge in [-0.15, -0.1) is 0 Å². The van der Waals surface area contributed by atoms with Crippen LogP contribution in [0.3, 0.4) is 0 Å². The number of fused-ring (bicyclic) bond motifs is 1. The maximum absolute atomic E-state index is 13.0. The van der Waals surface area contributed by atoms with Crippen LogP contribution in [0, 0.1) is 5.92 Å². The Morgan fingerprint density at radius 2 is 1.78 bits per heavy atom. The molecule has 2 aromatic heterocycles. The van der Waals surface area contributed by atoms with E-state index < -0.39 is 11.7 Å². The molecule has 2 aromatic rings. The summed E-state index contributed by atoms with van der Waals surface area (Å²) in [5.74, 6) is 3.18. The third-order valence-corrected chi connectivity index (χ3v) is 5.84. The van der Waals surface area contributed by atoms with Crippen molar-refractivity contribution in [2.75, 3.05) is 29.4 Å². The van der Waals surface area contributed by atoms with Gasteiger partial charge in [-0.3, -0.25) is 0 Å². The number of pyridine rings is 1. The molecule has 27 heavy (non-hydrogen) atoms. The molecule has 0 N–H and O–H groups in total. The number of halogens is 3. The first-order valence-electron chi connectivity index (χ1n) is 9.37. The minimum atomic E-state index is -4.35. The zero-order chi connectivity index (χ0) is 18.6. The van der Waals surface area contributed by atoms with E-state index in [4.69, 9.17) is 4.98 Å². The van der Waals surface area contributed by atoms with E-state index in [0.717, 1.165) is 56.1 Å². The molecular weight excluding hydrogens is 355 g/mol. The number of aromatic nitrogens is 3. The Balaban J connectivity index is 1.36. The summed E-state index contributed by atoms with van der Waals surface area (Å²) in [5, 5.41) is 0. The third-order valence-electron chi connectivity index (χ3n) is 5.84. The Labute approximate surface area is 155 Å². The van der Waals surface area contributed by atoms with Crippen LogP contribution in [-0.4, -0.2) is 40.6 Å². The molecule has 1 aliphatic carbocycles. The van der Waals surface area contributed by atoms with Crippen LogP contribution < -0.4 is 9.80 Å². The van der Waals surface area contributed by atoms with Crippen molar-refractivity contribution in [2.45, 2.75) is 37.4 Å². The molecule has 0 bridgehead atoms. The van der Waals surface area contributed by atoms with E-state index in [9.17, 15) is 13.2 Å². The van der Waals surface area contributed by atoms with Crippen molar-refractivity contribution in [1.82, 2.24) is 15.0 Å². The Hall–Kier alpha value is -2.38. The number of hydrogen-bond acceptors (Lipinski definition) is 5. The molecule has 3 fully saturated rings. The van der Waals surface area contributed by atoms with Crippen molar-refractivity contribution in [1.29, 1.82) is 0 Å². The summed E-state index contributed by atoms with van der Waals surface area (Å²) in [5.41, 5.74) is -0.647. The minimum absolute atomic E-state index is 0.253. The lowest BCUT2D eigenvalue weighted by atomic mass is 10.1. The number of rotatable bonds is 3. The van der Waals surface area contributed by atoms with Crippen molar-refractivity contribution in [2.24, 2.45) is 5.92 Å². The Morgan fingerprint density at radius 3 is 2.56 bits per heavy atom. The van der Waals surface area contributed by atoms with Crippen LogP contribution >= 0.6 is 0 Å². The van der Waals surface area contributed by atoms with Gasteiger partial charge in [0.1, 0.15) is 17.5 Å². The highest BCUT2D eigenvalue weighted by molar-refractivity contribution is 5.49. The zero-order valence-electron chi connectivity index (χ0n) is 14.7. The van der Waals surface area contributed by atoms with Crippen LogP contribution in [0.2, 0.25) is 0 Å². The van der Waals surface area contributed by atoms with Gasteiger partial charge in [-0.05, 0) is 37.5 Å². The molecule has 1 saturated carbocycles. The van der Waals surface area contributed by atoms with Crippen molar-refractivity contribution in [3.8, 4) is 0 Å². The monoisotopic (exact) mass is 375 g/mol. The number of alkyl halides is 3. The summed E-state index contributed by atoms with van der Waals surface area (Å²) in [7, 11) is 0. The predicted molar refractivity (Wildman–Crippen MR) is 94.7 cm³/mol. The highest BCUT2D eigenvalue weighted by Gasteiger charge is 2.43. The topological polar surface area (TPSA) is 45.2 Å². The molecule has 4 heterocycles. The van der Waals surface area contributed by atoms with Gasteiger partial charge >= 0.3 is 6.18 Å². The Kier molecular flexibility index (Phi) is 3.77. The summed E-state index contributed by atoms with van der Waals surface area (Å²) < 4.78 is 39.0. The van der Waals surface area contributed by atoms with Crippen molar-refractivity contribution >= 4 is 11.6 Å². The van der Waals surface area contributed by atoms with Gasteiger partial charge in [-0.2, -0.15) is 13.2 Å². The van der Waals surface area contributed by atoms with Crippen LogP contribution in [0.5, 0.6) is 0 Å². The van der Waals surface area contributed by atoms with Crippen LogP contribution in [0.25, 0.3) is 0 Å². The van der Waals surface area contributed by atoms with E-state index in [1.165, 1.54) is 6.20 Å². The molecule has 5 rings (SSSR count). The molecule has 142 valence electrons. The predicted octanol–water partition coefficient (Wildman–Crippen LogP) is 3.48. The highest BCUT2D eigenvalue weighted by atomic mass is 19.4. The first-order chi connectivity index (χ1) is 13.0. The second-order valence-corrected chi connectivity index (χ2v) is 7.66. The summed E-state index contributed by atoms with van der Waals surface area (Å²) >= 11 is 0. The van der Waals surface area contributed by atoms with E-state index in [1.807, 2.05) is 17.2 Å². The van der Waals surface area contributed by atoms with Crippen molar-refractivity contribution < 1.29 is 13.2 Å². The number of nitrogens with zero attached hydrogens (tertiary/aromatic N) is 5. The van der Waals surface area contributed by atoms with Crippen LogP contribution in [0.4, 0.5) is 24.8 Å². The highest BCUT2D eigenvalue weighted by Crippen LogP contribution is 2.40. The molecule has 2 saturated heterocycles. The van der Waals surface area contributed by atoms with Gasteiger partial charge < -0.3 is 9.80 Å². The Morgan fingerprint density at radius 1 is 0.963 bits per heavy atom. The van der Waals surface area contributed by atoms with E-state index in [2.05, 4.69) is 14.9 Å². The standard InChI is InChI=1S/C19H20F3N5/c20-19(21,22)14-3-6-23-17(9-14)26-10-13-5-8-27(15(13)11-26)16-4-7-24-18(25-16)12-1-2-12/h3-4,6-7,9,12-13,15H,1-2,5,8,10-11H2.